The zero-order valence-corrected chi connectivity index (χ0v) is 10.8. The second-order valence-electron chi connectivity index (χ2n) is 4.41. The molecule has 4 heteroatoms. The zero-order chi connectivity index (χ0) is 13.1. The van der Waals surface area contributed by atoms with Gasteiger partial charge in [-0.15, -0.1) is 0 Å². The lowest BCUT2D eigenvalue weighted by Gasteiger charge is -2.12. The van der Waals surface area contributed by atoms with Crippen LogP contribution in [0, 0.1) is 0 Å². The predicted molar refractivity (Wildman–Crippen MR) is 73.1 cm³/mol. The molecule has 18 heavy (non-hydrogen) atoms. The fraction of sp³-hybridized carbons (Fsp3) is 0.429. The van der Waals surface area contributed by atoms with Crippen LogP contribution in [0.4, 0.5) is 0 Å². The molecular formula is C14H18N2O2. The van der Waals surface area contributed by atoms with Gasteiger partial charge in [-0.3, -0.25) is 13.9 Å². The molecule has 0 aliphatic heterocycles. The Morgan fingerprint density at radius 1 is 0.944 bits per heavy atom. The molecule has 96 valence electrons. The Morgan fingerprint density at radius 3 is 2.22 bits per heavy atom. The molecule has 0 radical (unpaired) electrons. The lowest BCUT2D eigenvalue weighted by Crippen LogP contribution is -2.40. The number of hydrogen-bond acceptors (Lipinski definition) is 2. The summed E-state index contributed by atoms with van der Waals surface area (Å²) < 4.78 is 3.05. The van der Waals surface area contributed by atoms with E-state index in [0.717, 1.165) is 18.4 Å². The first-order chi connectivity index (χ1) is 8.70. The molecule has 0 aliphatic carbocycles. The third-order valence-corrected chi connectivity index (χ3v) is 3.03. The summed E-state index contributed by atoms with van der Waals surface area (Å²) in [6.45, 7) is 5.11. The molecular weight excluding hydrogens is 228 g/mol. The SMILES string of the molecule is CCCn1c(=O)c2ccccc2n(CCC)c1=O. The van der Waals surface area contributed by atoms with Crippen LogP contribution in [-0.2, 0) is 13.1 Å². The van der Waals surface area contributed by atoms with Crippen LogP contribution in [0.3, 0.4) is 0 Å². The zero-order valence-electron chi connectivity index (χ0n) is 10.8. The first-order valence-electron chi connectivity index (χ1n) is 6.43. The Balaban J connectivity index is 2.87. The number of rotatable bonds is 4. The van der Waals surface area contributed by atoms with E-state index < -0.39 is 0 Å². The van der Waals surface area contributed by atoms with Crippen molar-refractivity contribution >= 4 is 10.9 Å². The fourth-order valence-corrected chi connectivity index (χ4v) is 2.23. The molecule has 2 rings (SSSR count). The number of nitrogens with zero attached hydrogens (tertiary/aromatic N) is 2. The van der Waals surface area contributed by atoms with E-state index >= 15 is 0 Å². The molecule has 0 spiro atoms. The number of benzene rings is 1. The summed E-state index contributed by atoms with van der Waals surface area (Å²) in [5.41, 5.74) is 0.369. The number of aryl methyl sites for hydroxylation is 1. The number of aromatic nitrogens is 2. The number of hydrogen-bond donors (Lipinski definition) is 0. The molecule has 0 atom stereocenters. The highest BCUT2D eigenvalue weighted by atomic mass is 16.2. The lowest BCUT2D eigenvalue weighted by atomic mass is 10.2. The molecule has 0 unspecified atom stereocenters. The molecule has 0 N–H and O–H groups in total. The van der Waals surface area contributed by atoms with Gasteiger partial charge in [0.25, 0.3) is 5.56 Å². The predicted octanol–water partition coefficient (Wildman–Crippen LogP) is 1.98. The monoisotopic (exact) mass is 246 g/mol. The van der Waals surface area contributed by atoms with Gasteiger partial charge in [-0.25, -0.2) is 4.79 Å². The Bertz CT molecular complexity index is 668. The van der Waals surface area contributed by atoms with Crippen LogP contribution in [0.2, 0.25) is 0 Å². The highest BCUT2D eigenvalue weighted by molar-refractivity contribution is 5.77. The lowest BCUT2D eigenvalue weighted by molar-refractivity contribution is 0.558. The van der Waals surface area contributed by atoms with E-state index in [-0.39, 0.29) is 11.2 Å². The van der Waals surface area contributed by atoms with Gasteiger partial charge in [-0.1, -0.05) is 26.0 Å². The van der Waals surface area contributed by atoms with Crippen LogP contribution < -0.4 is 11.2 Å². The van der Waals surface area contributed by atoms with Crippen LogP contribution in [0.1, 0.15) is 26.7 Å². The fourth-order valence-electron chi connectivity index (χ4n) is 2.23. The minimum atomic E-state index is -0.192. The van der Waals surface area contributed by atoms with E-state index in [4.69, 9.17) is 0 Å². The minimum absolute atomic E-state index is 0.176. The van der Waals surface area contributed by atoms with Crippen molar-refractivity contribution in [1.82, 2.24) is 9.13 Å². The molecule has 0 saturated heterocycles. The van der Waals surface area contributed by atoms with Crippen molar-refractivity contribution in [3.63, 3.8) is 0 Å². The molecule has 0 saturated carbocycles. The van der Waals surface area contributed by atoms with Gasteiger partial charge >= 0.3 is 5.69 Å². The average molecular weight is 246 g/mol. The average Bonchev–Trinajstić information content (AvgIpc) is 2.39. The van der Waals surface area contributed by atoms with Gasteiger partial charge in [-0.2, -0.15) is 0 Å². The van der Waals surface area contributed by atoms with Crippen LogP contribution in [0.5, 0.6) is 0 Å². The summed E-state index contributed by atoms with van der Waals surface area (Å²) >= 11 is 0. The summed E-state index contributed by atoms with van der Waals surface area (Å²) in [7, 11) is 0. The quantitative estimate of drug-likeness (QED) is 0.828. The van der Waals surface area contributed by atoms with Crippen LogP contribution in [0.25, 0.3) is 10.9 Å². The summed E-state index contributed by atoms with van der Waals surface area (Å²) in [6.07, 6.45) is 1.65. The molecule has 2 aromatic rings. The highest BCUT2D eigenvalue weighted by Gasteiger charge is 2.11. The highest BCUT2D eigenvalue weighted by Crippen LogP contribution is 2.07. The third kappa shape index (κ3) is 1.98. The molecule has 4 nitrogen and oxygen atoms in total. The molecule has 0 aliphatic rings. The smallest absolute Gasteiger partial charge is 0.293 e. The molecule has 0 fully saturated rings. The Kier molecular flexibility index (Phi) is 3.65. The summed E-state index contributed by atoms with van der Waals surface area (Å²) in [5.74, 6) is 0. The van der Waals surface area contributed by atoms with Crippen molar-refractivity contribution in [2.45, 2.75) is 39.8 Å². The van der Waals surface area contributed by atoms with Crippen molar-refractivity contribution in [2.75, 3.05) is 0 Å². The van der Waals surface area contributed by atoms with E-state index in [1.165, 1.54) is 4.57 Å². The Labute approximate surface area is 105 Å². The maximum absolute atomic E-state index is 12.3. The van der Waals surface area contributed by atoms with E-state index in [9.17, 15) is 9.59 Å². The first kappa shape index (κ1) is 12.6. The molecule has 1 aromatic heterocycles. The third-order valence-electron chi connectivity index (χ3n) is 3.03. The van der Waals surface area contributed by atoms with Gasteiger partial charge in [0.05, 0.1) is 10.9 Å². The van der Waals surface area contributed by atoms with Crippen LogP contribution >= 0.6 is 0 Å². The van der Waals surface area contributed by atoms with Crippen molar-refractivity contribution in [3.8, 4) is 0 Å². The summed E-state index contributed by atoms with van der Waals surface area (Å²) in [5, 5.41) is 0.624. The first-order valence-corrected chi connectivity index (χ1v) is 6.43. The van der Waals surface area contributed by atoms with Gasteiger partial charge in [0.15, 0.2) is 0 Å². The van der Waals surface area contributed by atoms with Crippen LogP contribution in [0.15, 0.2) is 33.9 Å². The van der Waals surface area contributed by atoms with Crippen LogP contribution in [-0.4, -0.2) is 9.13 Å². The van der Waals surface area contributed by atoms with E-state index in [1.807, 2.05) is 32.0 Å². The van der Waals surface area contributed by atoms with Crippen molar-refractivity contribution in [2.24, 2.45) is 0 Å². The van der Waals surface area contributed by atoms with Crippen molar-refractivity contribution in [3.05, 3.63) is 45.1 Å². The minimum Gasteiger partial charge on any atom is -0.293 e. The van der Waals surface area contributed by atoms with E-state index in [0.29, 0.717) is 18.5 Å². The van der Waals surface area contributed by atoms with Gasteiger partial charge < -0.3 is 0 Å². The Morgan fingerprint density at radius 2 is 1.56 bits per heavy atom. The largest absolute Gasteiger partial charge is 0.331 e. The second-order valence-corrected chi connectivity index (χ2v) is 4.41. The summed E-state index contributed by atoms with van der Waals surface area (Å²) in [6, 6.07) is 7.32. The standard InChI is InChI=1S/C14H18N2O2/c1-3-9-15-12-8-6-5-7-11(12)13(17)16(10-4-2)14(15)18/h5-8H,3-4,9-10H2,1-2H3. The molecule has 0 amide bonds. The summed E-state index contributed by atoms with van der Waals surface area (Å²) in [4.78, 5) is 24.6. The van der Waals surface area contributed by atoms with Crippen molar-refractivity contribution in [1.29, 1.82) is 0 Å². The molecule has 0 bridgehead atoms. The van der Waals surface area contributed by atoms with Gasteiger partial charge in [0.2, 0.25) is 0 Å². The normalized spacial score (nSPS) is 11.0. The Hall–Kier alpha value is -1.84. The van der Waals surface area contributed by atoms with E-state index in [1.54, 1.807) is 10.6 Å². The number of para-hydroxylation sites is 1. The maximum Gasteiger partial charge on any atom is 0.331 e. The van der Waals surface area contributed by atoms with E-state index in [2.05, 4.69) is 0 Å². The van der Waals surface area contributed by atoms with Gasteiger partial charge in [0.1, 0.15) is 0 Å². The number of fused-ring (bicyclic) bond motifs is 1. The van der Waals surface area contributed by atoms with Gasteiger partial charge in [0, 0.05) is 13.1 Å². The second kappa shape index (κ2) is 5.21. The maximum atomic E-state index is 12.3. The molecule has 1 aromatic carbocycles. The van der Waals surface area contributed by atoms with Gasteiger partial charge in [-0.05, 0) is 25.0 Å². The van der Waals surface area contributed by atoms with Crippen molar-refractivity contribution < 1.29 is 0 Å². The molecule has 1 heterocycles. The topological polar surface area (TPSA) is 44.0 Å².